The van der Waals surface area contributed by atoms with E-state index in [9.17, 15) is 8.42 Å². The van der Waals surface area contributed by atoms with Crippen molar-refractivity contribution in [2.24, 2.45) is 5.73 Å². The molecule has 2 aromatic rings. The first-order valence-electron chi connectivity index (χ1n) is 5.32. The van der Waals surface area contributed by atoms with Gasteiger partial charge < -0.3 is 10.2 Å². The maximum atomic E-state index is 12.1. The van der Waals surface area contributed by atoms with Gasteiger partial charge in [0.15, 0.2) is 5.03 Å². The maximum absolute atomic E-state index is 12.1. The third-order valence-corrected chi connectivity index (χ3v) is 4.02. The molecule has 0 amide bonds. The molecule has 98 valence electrons. The Hall–Kier alpha value is -1.64. The first kappa shape index (κ1) is 12.8. The maximum Gasteiger partial charge on any atom is 0.258 e. The fraction of sp³-hybridized carbons (Fsp3) is 0.300. The third-order valence-electron chi connectivity index (χ3n) is 2.47. The quantitative estimate of drug-likeness (QED) is 0.732. The van der Waals surface area contributed by atoms with E-state index in [1.807, 2.05) is 0 Å². The van der Waals surface area contributed by atoms with Crippen LogP contribution in [0.2, 0.25) is 0 Å². The lowest BCUT2D eigenvalue weighted by atomic mass is 10.3. The summed E-state index contributed by atoms with van der Waals surface area (Å²) in [7, 11) is -3.69. The molecule has 0 aliphatic heterocycles. The van der Waals surface area contributed by atoms with E-state index < -0.39 is 16.1 Å². The Morgan fingerprint density at radius 3 is 3.00 bits per heavy atom. The summed E-state index contributed by atoms with van der Waals surface area (Å²) in [6.45, 7) is 1.79. The summed E-state index contributed by atoms with van der Waals surface area (Å²) in [5.41, 5.74) is 5.89. The number of rotatable bonds is 5. The number of nitrogens with zero attached hydrogens (tertiary/aromatic N) is 1. The van der Waals surface area contributed by atoms with E-state index >= 15 is 0 Å². The summed E-state index contributed by atoms with van der Waals surface area (Å²) < 4.78 is 31.8. The number of sulfonamides is 1. The van der Waals surface area contributed by atoms with Crippen LogP contribution in [0, 0.1) is 0 Å². The van der Waals surface area contributed by atoms with Crippen molar-refractivity contribution in [2.45, 2.75) is 24.5 Å². The summed E-state index contributed by atoms with van der Waals surface area (Å²) in [5.74, 6) is 0.535. The van der Waals surface area contributed by atoms with Gasteiger partial charge in [-0.1, -0.05) is 0 Å². The Morgan fingerprint density at radius 2 is 2.39 bits per heavy atom. The van der Waals surface area contributed by atoms with Gasteiger partial charge >= 0.3 is 0 Å². The molecule has 2 aromatic heterocycles. The number of hydrogen-bond donors (Lipinski definition) is 3. The van der Waals surface area contributed by atoms with Crippen LogP contribution in [0.3, 0.4) is 0 Å². The lowest BCUT2D eigenvalue weighted by molar-refractivity contribution is 0.458. The van der Waals surface area contributed by atoms with Crippen LogP contribution in [0.1, 0.15) is 24.3 Å². The summed E-state index contributed by atoms with van der Waals surface area (Å²) >= 11 is 0. The Balaban J connectivity index is 2.23. The Labute approximate surface area is 104 Å². The van der Waals surface area contributed by atoms with E-state index in [0.717, 1.165) is 0 Å². The second kappa shape index (κ2) is 4.92. The molecular formula is C10H14N4O3S. The van der Waals surface area contributed by atoms with Crippen molar-refractivity contribution in [1.82, 2.24) is 14.9 Å². The van der Waals surface area contributed by atoms with Gasteiger partial charge in [0, 0.05) is 12.1 Å². The van der Waals surface area contributed by atoms with Crippen LogP contribution in [-0.2, 0) is 16.6 Å². The van der Waals surface area contributed by atoms with Gasteiger partial charge in [0.25, 0.3) is 10.0 Å². The van der Waals surface area contributed by atoms with Gasteiger partial charge in [0.05, 0.1) is 18.5 Å². The Bertz CT molecular complexity index is 603. The molecule has 4 N–H and O–H groups in total. The molecule has 0 bridgehead atoms. The van der Waals surface area contributed by atoms with E-state index in [1.54, 1.807) is 19.1 Å². The predicted molar refractivity (Wildman–Crippen MR) is 63.9 cm³/mol. The number of nitrogens with two attached hydrogens (primary N) is 1. The summed E-state index contributed by atoms with van der Waals surface area (Å²) in [6.07, 6.45) is 2.88. The van der Waals surface area contributed by atoms with Crippen molar-refractivity contribution < 1.29 is 12.8 Å². The molecule has 0 aliphatic rings. The molecule has 0 radical (unpaired) electrons. The van der Waals surface area contributed by atoms with E-state index in [0.29, 0.717) is 11.3 Å². The Morgan fingerprint density at radius 1 is 1.61 bits per heavy atom. The monoisotopic (exact) mass is 270 g/mol. The molecule has 2 heterocycles. The van der Waals surface area contributed by atoms with Gasteiger partial charge in [-0.2, -0.15) is 9.82 Å². The van der Waals surface area contributed by atoms with Gasteiger partial charge in [0.2, 0.25) is 0 Å². The lowest BCUT2D eigenvalue weighted by Gasteiger charge is -2.11. The molecule has 0 spiro atoms. The smallest absolute Gasteiger partial charge is 0.258 e. The average molecular weight is 270 g/mol. The first-order valence-corrected chi connectivity index (χ1v) is 6.81. The minimum Gasteiger partial charge on any atom is -0.468 e. The highest BCUT2D eigenvalue weighted by Gasteiger charge is 2.23. The molecule has 1 atom stereocenters. The highest BCUT2D eigenvalue weighted by molar-refractivity contribution is 7.89. The van der Waals surface area contributed by atoms with Crippen molar-refractivity contribution in [3.8, 4) is 0 Å². The number of aromatic nitrogens is 2. The average Bonchev–Trinajstić information content (AvgIpc) is 2.99. The van der Waals surface area contributed by atoms with Crippen molar-refractivity contribution >= 4 is 10.0 Å². The summed E-state index contributed by atoms with van der Waals surface area (Å²) in [5, 5.41) is 6.11. The number of aromatic amines is 1. The molecule has 18 heavy (non-hydrogen) atoms. The highest BCUT2D eigenvalue weighted by atomic mass is 32.2. The van der Waals surface area contributed by atoms with Crippen molar-refractivity contribution in [1.29, 1.82) is 0 Å². The predicted octanol–water partition coefficient (Wildman–Crippen LogP) is 0.501. The van der Waals surface area contributed by atoms with Gasteiger partial charge in [-0.15, -0.1) is 0 Å². The summed E-state index contributed by atoms with van der Waals surface area (Å²) in [4.78, 5) is 0. The number of furan rings is 1. The molecule has 2 rings (SSSR count). The second-order valence-electron chi connectivity index (χ2n) is 3.79. The van der Waals surface area contributed by atoms with Crippen LogP contribution in [0.25, 0.3) is 0 Å². The fourth-order valence-electron chi connectivity index (χ4n) is 1.56. The van der Waals surface area contributed by atoms with Gasteiger partial charge in [0.1, 0.15) is 5.76 Å². The second-order valence-corrected chi connectivity index (χ2v) is 5.44. The van der Waals surface area contributed by atoms with Crippen LogP contribution in [-0.4, -0.2) is 18.6 Å². The van der Waals surface area contributed by atoms with E-state index in [1.165, 1.54) is 12.5 Å². The van der Waals surface area contributed by atoms with E-state index in [2.05, 4.69) is 14.9 Å². The van der Waals surface area contributed by atoms with Crippen molar-refractivity contribution in [3.63, 3.8) is 0 Å². The van der Waals surface area contributed by atoms with Gasteiger partial charge in [-0.05, 0) is 19.1 Å². The van der Waals surface area contributed by atoms with Gasteiger partial charge in [-0.25, -0.2) is 8.42 Å². The molecule has 0 aliphatic carbocycles. The molecular weight excluding hydrogens is 256 g/mol. The van der Waals surface area contributed by atoms with Crippen LogP contribution in [0.15, 0.2) is 34.0 Å². The summed E-state index contributed by atoms with van der Waals surface area (Å²) in [6, 6.07) is 2.92. The van der Waals surface area contributed by atoms with Crippen LogP contribution in [0.5, 0.6) is 0 Å². The lowest BCUT2D eigenvalue weighted by Crippen LogP contribution is -2.28. The zero-order valence-electron chi connectivity index (χ0n) is 9.75. The van der Waals surface area contributed by atoms with Crippen LogP contribution < -0.4 is 10.5 Å². The molecule has 0 saturated heterocycles. The highest BCUT2D eigenvalue weighted by Crippen LogP contribution is 2.17. The zero-order chi connectivity index (χ0) is 13.2. The molecule has 0 saturated carbocycles. The largest absolute Gasteiger partial charge is 0.468 e. The topological polar surface area (TPSA) is 114 Å². The van der Waals surface area contributed by atoms with Gasteiger partial charge in [-0.3, -0.25) is 5.10 Å². The minimum atomic E-state index is -3.69. The van der Waals surface area contributed by atoms with E-state index in [-0.39, 0.29) is 11.6 Å². The Kier molecular flexibility index (Phi) is 3.50. The van der Waals surface area contributed by atoms with E-state index in [4.69, 9.17) is 10.2 Å². The number of H-pyrrole nitrogens is 1. The number of nitrogens with one attached hydrogen (secondary N) is 2. The standard InChI is InChI=1S/C10H14N4O3S/c1-7(9-3-2-4-17-9)14-18(15,16)10-8(5-11)6-12-13-10/h2-4,6-7,14H,5,11H2,1H3,(H,12,13). The third kappa shape index (κ3) is 2.45. The molecule has 8 heteroatoms. The molecule has 0 fully saturated rings. The molecule has 0 aromatic carbocycles. The molecule has 1 unspecified atom stereocenters. The number of hydrogen-bond acceptors (Lipinski definition) is 5. The first-order chi connectivity index (χ1) is 8.54. The van der Waals surface area contributed by atoms with Crippen molar-refractivity contribution in [3.05, 3.63) is 35.9 Å². The van der Waals surface area contributed by atoms with Crippen LogP contribution in [0.4, 0.5) is 0 Å². The fourth-order valence-corrected chi connectivity index (χ4v) is 2.92. The van der Waals surface area contributed by atoms with Crippen LogP contribution >= 0.6 is 0 Å². The normalized spacial score (nSPS) is 13.7. The zero-order valence-corrected chi connectivity index (χ0v) is 10.6. The minimum absolute atomic E-state index is 0.0107. The van der Waals surface area contributed by atoms with Crippen molar-refractivity contribution in [2.75, 3.05) is 0 Å². The molecule has 7 nitrogen and oxygen atoms in total. The SMILES string of the molecule is CC(NS(=O)(=O)c1[nH]ncc1CN)c1ccco1.